The van der Waals surface area contributed by atoms with Crippen LogP contribution in [-0.4, -0.2) is 5.11 Å². The van der Waals surface area contributed by atoms with Gasteiger partial charge in [0.15, 0.2) is 0 Å². The third-order valence-electron chi connectivity index (χ3n) is 2.46. The van der Waals surface area contributed by atoms with Crippen LogP contribution in [0.3, 0.4) is 0 Å². The number of anilines is 1. The minimum absolute atomic E-state index is 0.269. The van der Waals surface area contributed by atoms with Crippen LogP contribution in [0.4, 0.5) is 5.69 Å². The minimum Gasteiger partial charge on any atom is -0.508 e. The van der Waals surface area contributed by atoms with Crippen LogP contribution in [0.25, 0.3) is 11.1 Å². The molecule has 0 unspecified atom stereocenters. The molecule has 0 spiro atoms. The summed E-state index contributed by atoms with van der Waals surface area (Å²) in [6.45, 7) is 2.03. The van der Waals surface area contributed by atoms with Crippen LogP contribution in [0.5, 0.6) is 5.75 Å². The predicted octanol–water partition coefficient (Wildman–Crippen LogP) is 2.95. The van der Waals surface area contributed by atoms with Crippen molar-refractivity contribution >= 4 is 5.69 Å². The first-order chi connectivity index (χ1) is 7.18. The van der Waals surface area contributed by atoms with Gasteiger partial charge in [0.25, 0.3) is 0 Å². The van der Waals surface area contributed by atoms with Crippen molar-refractivity contribution in [2.24, 2.45) is 0 Å². The molecular weight excluding hydrogens is 186 g/mol. The molecule has 0 aromatic heterocycles. The van der Waals surface area contributed by atoms with E-state index in [0.717, 1.165) is 22.4 Å². The van der Waals surface area contributed by atoms with Crippen molar-refractivity contribution in [3.05, 3.63) is 48.0 Å². The van der Waals surface area contributed by atoms with Crippen molar-refractivity contribution in [1.82, 2.24) is 0 Å². The monoisotopic (exact) mass is 199 g/mol. The smallest absolute Gasteiger partial charge is 0.115 e. The van der Waals surface area contributed by atoms with Crippen molar-refractivity contribution in [2.75, 3.05) is 5.73 Å². The van der Waals surface area contributed by atoms with Gasteiger partial charge in [-0.05, 0) is 36.2 Å². The quantitative estimate of drug-likeness (QED) is 0.693. The van der Waals surface area contributed by atoms with Crippen LogP contribution in [0.15, 0.2) is 42.5 Å². The maximum Gasteiger partial charge on any atom is 0.115 e. The molecule has 2 nitrogen and oxygen atoms in total. The Kier molecular flexibility index (Phi) is 2.34. The average Bonchev–Trinajstić information content (AvgIpc) is 2.20. The Balaban J connectivity index is 2.58. The molecule has 0 heterocycles. The highest BCUT2D eigenvalue weighted by Gasteiger charge is 2.05. The summed E-state index contributed by atoms with van der Waals surface area (Å²) in [6, 6.07) is 12.9. The molecule has 76 valence electrons. The second-order valence-electron chi connectivity index (χ2n) is 3.59. The van der Waals surface area contributed by atoms with Gasteiger partial charge in [-0.1, -0.05) is 24.3 Å². The van der Waals surface area contributed by atoms with E-state index in [1.807, 2.05) is 37.3 Å². The summed E-state index contributed by atoms with van der Waals surface area (Å²) < 4.78 is 0. The van der Waals surface area contributed by atoms with E-state index >= 15 is 0 Å². The molecule has 0 radical (unpaired) electrons. The highest BCUT2D eigenvalue weighted by atomic mass is 16.3. The Labute approximate surface area is 89.0 Å². The van der Waals surface area contributed by atoms with E-state index in [-0.39, 0.29) is 5.75 Å². The van der Waals surface area contributed by atoms with Gasteiger partial charge in [-0.3, -0.25) is 0 Å². The van der Waals surface area contributed by atoms with E-state index in [4.69, 9.17) is 5.73 Å². The van der Waals surface area contributed by atoms with E-state index in [9.17, 15) is 5.11 Å². The van der Waals surface area contributed by atoms with E-state index in [1.54, 1.807) is 12.1 Å². The molecule has 0 aliphatic carbocycles. The molecule has 0 amide bonds. The molecule has 0 aliphatic rings. The van der Waals surface area contributed by atoms with Crippen molar-refractivity contribution in [3.63, 3.8) is 0 Å². The van der Waals surface area contributed by atoms with Gasteiger partial charge < -0.3 is 10.8 Å². The largest absolute Gasteiger partial charge is 0.508 e. The number of nitrogens with two attached hydrogens (primary N) is 1. The molecule has 2 aromatic rings. The molecule has 0 fully saturated rings. The first kappa shape index (κ1) is 9.59. The minimum atomic E-state index is 0.269. The number of aromatic hydroxyl groups is 1. The third-order valence-corrected chi connectivity index (χ3v) is 2.46. The van der Waals surface area contributed by atoms with Crippen molar-refractivity contribution in [2.45, 2.75) is 6.92 Å². The Morgan fingerprint density at radius 1 is 1.00 bits per heavy atom. The molecule has 2 rings (SSSR count). The van der Waals surface area contributed by atoms with Crippen LogP contribution >= 0.6 is 0 Å². The fourth-order valence-electron chi connectivity index (χ4n) is 1.71. The molecule has 0 saturated heterocycles. The summed E-state index contributed by atoms with van der Waals surface area (Å²) >= 11 is 0. The standard InChI is InChI=1S/C13H13NO/c1-9-3-2-4-12(14)13(9)10-5-7-11(15)8-6-10/h2-8,15H,14H2,1H3. The van der Waals surface area contributed by atoms with Crippen LogP contribution in [0, 0.1) is 6.92 Å². The second-order valence-corrected chi connectivity index (χ2v) is 3.59. The Bertz CT molecular complexity index is 454. The topological polar surface area (TPSA) is 46.2 Å². The van der Waals surface area contributed by atoms with Gasteiger partial charge in [-0.2, -0.15) is 0 Å². The number of hydrogen-bond donors (Lipinski definition) is 2. The van der Waals surface area contributed by atoms with Gasteiger partial charge in [0, 0.05) is 11.3 Å². The van der Waals surface area contributed by atoms with Gasteiger partial charge in [-0.15, -0.1) is 0 Å². The lowest BCUT2D eigenvalue weighted by molar-refractivity contribution is 0.475. The van der Waals surface area contributed by atoms with E-state index in [0.29, 0.717) is 0 Å². The number of aryl methyl sites for hydroxylation is 1. The fourth-order valence-corrected chi connectivity index (χ4v) is 1.71. The Morgan fingerprint density at radius 2 is 1.67 bits per heavy atom. The molecule has 0 aliphatic heterocycles. The third kappa shape index (κ3) is 1.79. The maximum absolute atomic E-state index is 9.21. The van der Waals surface area contributed by atoms with Crippen molar-refractivity contribution < 1.29 is 5.11 Å². The van der Waals surface area contributed by atoms with Crippen LogP contribution < -0.4 is 5.73 Å². The molecule has 0 atom stereocenters. The zero-order chi connectivity index (χ0) is 10.8. The zero-order valence-corrected chi connectivity index (χ0v) is 8.57. The summed E-state index contributed by atoms with van der Waals surface area (Å²) in [7, 11) is 0. The molecular formula is C13H13NO. The molecule has 2 aromatic carbocycles. The molecule has 0 saturated carbocycles. The number of hydrogen-bond acceptors (Lipinski definition) is 2. The van der Waals surface area contributed by atoms with E-state index < -0.39 is 0 Å². The highest BCUT2D eigenvalue weighted by Crippen LogP contribution is 2.30. The lowest BCUT2D eigenvalue weighted by Crippen LogP contribution is -1.92. The summed E-state index contributed by atoms with van der Waals surface area (Å²) in [5, 5.41) is 9.21. The van der Waals surface area contributed by atoms with E-state index in [1.165, 1.54) is 0 Å². The molecule has 2 heteroatoms. The lowest BCUT2D eigenvalue weighted by Gasteiger charge is -2.09. The number of phenolic OH excluding ortho intramolecular Hbond substituents is 1. The SMILES string of the molecule is Cc1cccc(N)c1-c1ccc(O)cc1. The Hall–Kier alpha value is -1.96. The van der Waals surface area contributed by atoms with Gasteiger partial charge in [0.05, 0.1) is 0 Å². The number of rotatable bonds is 1. The average molecular weight is 199 g/mol. The van der Waals surface area contributed by atoms with Gasteiger partial charge >= 0.3 is 0 Å². The fraction of sp³-hybridized carbons (Fsp3) is 0.0769. The van der Waals surface area contributed by atoms with Crippen LogP contribution in [0.1, 0.15) is 5.56 Å². The molecule has 0 bridgehead atoms. The normalized spacial score (nSPS) is 10.2. The van der Waals surface area contributed by atoms with Gasteiger partial charge in [0.1, 0.15) is 5.75 Å². The van der Waals surface area contributed by atoms with Crippen molar-refractivity contribution in [1.29, 1.82) is 0 Å². The summed E-state index contributed by atoms with van der Waals surface area (Å²) in [5.41, 5.74) is 9.90. The molecule has 3 N–H and O–H groups in total. The summed E-state index contributed by atoms with van der Waals surface area (Å²) in [5.74, 6) is 0.269. The summed E-state index contributed by atoms with van der Waals surface area (Å²) in [4.78, 5) is 0. The van der Waals surface area contributed by atoms with E-state index in [2.05, 4.69) is 0 Å². The van der Waals surface area contributed by atoms with Crippen LogP contribution in [0.2, 0.25) is 0 Å². The summed E-state index contributed by atoms with van der Waals surface area (Å²) in [6.07, 6.45) is 0. The first-order valence-corrected chi connectivity index (χ1v) is 4.83. The first-order valence-electron chi connectivity index (χ1n) is 4.83. The number of benzene rings is 2. The zero-order valence-electron chi connectivity index (χ0n) is 8.57. The maximum atomic E-state index is 9.21. The number of nitrogen functional groups attached to an aromatic ring is 1. The van der Waals surface area contributed by atoms with Gasteiger partial charge in [0.2, 0.25) is 0 Å². The Morgan fingerprint density at radius 3 is 2.27 bits per heavy atom. The second kappa shape index (κ2) is 3.65. The van der Waals surface area contributed by atoms with Gasteiger partial charge in [-0.25, -0.2) is 0 Å². The van der Waals surface area contributed by atoms with Crippen LogP contribution in [-0.2, 0) is 0 Å². The highest BCUT2D eigenvalue weighted by molar-refractivity contribution is 5.79. The predicted molar refractivity (Wildman–Crippen MR) is 62.7 cm³/mol. The number of phenols is 1. The molecule has 15 heavy (non-hydrogen) atoms. The lowest BCUT2D eigenvalue weighted by atomic mass is 9.99. The van der Waals surface area contributed by atoms with Crippen molar-refractivity contribution in [3.8, 4) is 16.9 Å².